The quantitative estimate of drug-likeness (QED) is 0.404. The zero-order chi connectivity index (χ0) is 19.8. The molecule has 140 valence electrons. The van der Waals surface area contributed by atoms with Crippen LogP contribution in [0.4, 0.5) is 5.69 Å². The lowest BCUT2D eigenvalue weighted by atomic mass is 10.2. The van der Waals surface area contributed by atoms with Crippen molar-refractivity contribution >= 4 is 34.8 Å². The first kappa shape index (κ1) is 19.8. The molecule has 0 saturated heterocycles. The van der Waals surface area contributed by atoms with Crippen molar-refractivity contribution in [3.05, 3.63) is 69.8 Å². The van der Waals surface area contributed by atoms with E-state index in [1.165, 1.54) is 18.2 Å². The van der Waals surface area contributed by atoms with Crippen LogP contribution < -0.4 is 20.9 Å². The van der Waals surface area contributed by atoms with Gasteiger partial charge in [0.1, 0.15) is 5.75 Å². The largest absolute Gasteiger partial charge is 0.484 e. The molecule has 0 unspecified atom stereocenters. The summed E-state index contributed by atoms with van der Waals surface area (Å²) in [5.74, 6) is -0.614. The molecule has 10 heteroatoms. The van der Waals surface area contributed by atoms with Gasteiger partial charge in [0.05, 0.1) is 4.92 Å². The Bertz CT molecular complexity index is 887. The SMILES string of the molecule is Cc1cccc(OCC(=O)NNC(=S)NC(=O)c2cccc([N+](=O)[O-])c2)c1. The fourth-order valence-electron chi connectivity index (χ4n) is 1.98. The van der Waals surface area contributed by atoms with Crippen LogP contribution in [-0.4, -0.2) is 28.5 Å². The second-order valence-corrected chi connectivity index (χ2v) is 5.78. The number of aryl methyl sites for hydroxylation is 1. The van der Waals surface area contributed by atoms with E-state index in [9.17, 15) is 19.7 Å². The van der Waals surface area contributed by atoms with Gasteiger partial charge < -0.3 is 4.74 Å². The van der Waals surface area contributed by atoms with E-state index in [-0.39, 0.29) is 23.0 Å². The summed E-state index contributed by atoms with van der Waals surface area (Å²) in [5, 5.41) is 12.9. The first-order valence-electron chi connectivity index (χ1n) is 7.69. The number of nitro groups is 1. The highest BCUT2D eigenvalue weighted by Gasteiger charge is 2.13. The zero-order valence-electron chi connectivity index (χ0n) is 14.2. The summed E-state index contributed by atoms with van der Waals surface area (Å²) in [6.07, 6.45) is 0. The molecule has 0 aromatic heterocycles. The Hall–Kier alpha value is -3.53. The van der Waals surface area contributed by atoms with Crippen molar-refractivity contribution in [2.24, 2.45) is 0 Å². The lowest BCUT2D eigenvalue weighted by Crippen LogP contribution is -2.49. The number of amides is 2. The third kappa shape index (κ3) is 6.36. The molecular weight excluding hydrogens is 372 g/mol. The number of carbonyl (C=O) groups is 2. The van der Waals surface area contributed by atoms with E-state index in [0.717, 1.165) is 11.6 Å². The Morgan fingerprint density at radius 1 is 1.15 bits per heavy atom. The summed E-state index contributed by atoms with van der Waals surface area (Å²) in [7, 11) is 0. The lowest BCUT2D eigenvalue weighted by Gasteiger charge is -2.11. The highest BCUT2D eigenvalue weighted by atomic mass is 32.1. The predicted octanol–water partition coefficient (Wildman–Crippen LogP) is 1.62. The molecule has 0 spiro atoms. The molecule has 0 radical (unpaired) electrons. The summed E-state index contributed by atoms with van der Waals surface area (Å²) in [5.41, 5.74) is 5.46. The summed E-state index contributed by atoms with van der Waals surface area (Å²) in [4.78, 5) is 33.9. The number of nitrogens with zero attached hydrogens (tertiary/aromatic N) is 1. The molecule has 0 heterocycles. The lowest BCUT2D eigenvalue weighted by molar-refractivity contribution is -0.384. The van der Waals surface area contributed by atoms with Gasteiger partial charge in [0.2, 0.25) is 0 Å². The number of non-ortho nitro benzene ring substituents is 1. The summed E-state index contributed by atoms with van der Waals surface area (Å²) >= 11 is 4.90. The maximum atomic E-state index is 12.0. The number of rotatable bonds is 5. The van der Waals surface area contributed by atoms with E-state index in [2.05, 4.69) is 16.2 Å². The second-order valence-electron chi connectivity index (χ2n) is 5.37. The molecule has 0 atom stereocenters. The molecule has 0 saturated carbocycles. The molecule has 2 amide bonds. The van der Waals surface area contributed by atoms with E-state index in [0.29, 0.717) is 5.75 Å². The number of nitrogens with one attached hydrogen (secondary N) is 3. The van der Waals surface area contributed by atoms with Crippen molar-refractivity contribution < 1.29 is 19.2 Å². The minimum atomic E-state index is -0.651. The Kier molecular flexibility index (Phi) is 6.78. The van der Waals surface area contributed by atoms with E-state index in [4.69, 9.17) is 17.0 Å². The standard InChI is InChI=1S/C17H16N4O5S/c1-11-4-2-7-14(8-11)26-10-15(22)19-20-17(27)18-16(23)12-5-3-6-13(9-12)21(24)25/h2-9H,10H2,1H3,(H,19,22)(H2,18,20,23,27). The Morgan fingerprint density at radius 2 is 1.89 bits per heavy atom. The average molecular weight is 388 g/mol. The summed E-state index contributed by atoms with van der Waals surface area (Å²) < 4.78 is 5.32. The van der Waals surface area contributed by atoms with Crippen LogP contribution >= 0.6 is 12.2 Å². The fraction of sp³-hybridized carbons (Fsp3) is 0.118. The van der Waals surface area contributed by atoms with Crippen LogP contribution in [-0.2, 0) is 4.79 Å². The molecule has 2 rings (SSSR count). The number of nitro benzene ring substituents is 1. The van der Waals surface area contributed by atoms with Crippen LogP contribution in [0.1, 0.15) is 15.9 Å². The van der Waals surface area contributed by atoms with Crippen LogP contribution in [0.5, 0.6) is 5.75 Å². The smallest absolute Gasteiger partial charge is 0.276 e. The topological polar surface area (TPSA) is 123 Å². The molecule has 0 bridgehead atoms. The first-order chi connectivity index (χ1) is 12.8. The molecule has 2 aromatic rings. The first-order valence-corrected chi connectivity index (χ1v) is 8.10. The van der Waals surface area contributed by atoms with Gasteiger partial charge in [-0.1, -0.05) is 18.2 Å². The van der Waals surface area contributed by atoms with Gasteiger partial charge in [0.15, 0.2) is 11.7 Å². The van der Waals surface area contributed by atoms with Crippen molar-refractivity contribution in [3.8, 4) is 5.75 Å². The number of ether oxygens (including phenoxy) is 1. The van der Waals surface area contributed by atoms with Crippen LogP contribution in [0.15, 0.2) is 48.5 Å². The minimum Gasteiger partial charge on any atom is -0.484 e. The van der Waals surface area contributed by atoms with Gasteiger partial charge >= 0.3 is 0 Å². The van der Waals surface area contributed by atoms with Crippen LogP contribution in [0.3, 0.4) is 0 Å². The van der Waals surface area contributed by atoms with Gasteiger partial charge in [-0.15, -0.1) is 0 Å². The third-order valence-corrected chi connectivity index (χ3v) is 3.43. The highest BCUT2D eigenvalue weighted by Crippen LogP contribution is 2.13. The molecule has 9 nitrogen and oxygen atoms in total. The predicted molar refractivity (Wildman–Crippen MR) is 101 cm³/mol. The monoisotopic (exact) mass is 388 g/mol. The average Bonchev–Trinajstić information content (AvgIpc) is 2.64. The molecule has 3 N–H and O–H groups in total. The van der Waals surface area contributed by atoms with Gasteiger partial charge in [-0.2, -0.15) is 0 Å². The summed E-state index contributed by atoms with van der Waals surface area (Å²) in [6, 6.07) is 12.4. The number of carbonyl (C=O) groups excluding carboxylic acids is 2. The molecule has 0 aliphatic rings. The van der Waals surface area contributed by atoms with Gasteiger partial charge in [0, 0.05) is 17.7 Å². The maximum absolute atomic E-state index is 12.0. The number of thiocarbonyl (C=S) groups is 1. The fourth-order valence-corrected chi connectivity index (χ4v) is 2.13. The Morgan fingerprint density at radius 3 is 2.59 bits per heavy atom. The number of hydrogen-bond acceptors (Lipinski definition) is 6. The number of hydrazine groups is 1. The van der Waals surface area contributed by atoms with Crippen LogP contribution in [0.25, 0.3) is 0 Å². The Balaban J connectivity index is 1.78. The third-order valence-electron chi connectivity index (χ3n) is 3.22. The molecule has 27 heavy (non-hydrogen) atoms. The van der Waals surface area contributed by atoms with E-state index < -0.39 is 16.7 Å². The van der Waals surface area contributed by atoms with Crippen molar-refractivity contribution in [1.29, 1.82) is 0 Å². The molecule has 2 aromatic carbocycles. The van der Waals surface area contributed by atoms with Gasteiger partial charge in [-0.3, -0.25) is 35.9 Å². The van der Waals surface area contributed by atoms with Crippen molar-refractivity contribution in [3.63, 3.8) is 0 Å². The number of benzene rings is 2. The van der Waals surface area contributed by atoms with E-state index in [1.54, 1.807) is 18.2 Å². The van der Waals surface area contributed by atoms with E-state index >= 15 is 0 Å². The molecule has 0 aliphatic heterocycles. The zero-order valence-corrected chi connectivity index (χ0v) is 15.0. The second kappa shape index (κ2) is 9.25. The van der Waals surface area contributed by atoms with Gasteiger partial charge in [0.25, 0.3) is 17.5 Å². The summed E-state index contributed by atoms with van der Waals surface area (Å²) in [6.45, 7) is 1.65. The highest BCUT2D eigenvalue weighted by molar-refractivity contribution is 7.80. The minimum absolute atomic E-state index is 0.0578. The van der Waals surface area contributed by atoms with Crippen molar-refractivity contribution in [2.45, 2.75) is 6.92 Å². The van der Waals surface area contributed by atoms with Crippen LogP contribution in [0.2, 0.25) is 0 Å². The molecule has 0 fully saturated rings. The van der Waals surface area contributed by atoms with E-state index in [1.807, 2.05) is 13.0 Å². The van der Waals surface area contributed by atoms with Crippen molar-refractivity contribution in [2.75, 3.05) is 6.61 Å². The van der Waals surface area contributed by atoms with Gasteiger partial charge in [-0.25, -0.2) is 0 Å². The number of hydrogen-bond donors (Lipinski definition) is 3. The molecular formula is C17H16N4O5S. The normalized spacial score (nSPS) is 9.81. The molecule has 0 aliphatic carbocycles. The van der Waals surface area contributed by atoms with Crippen LogP contribution in [0, 0.1) is 17.0 Å². The Labute approximate surface area is 159 Å². The maximum Gasteiger partial charge on any atom is 0.276 e. The van der Waals surface area contributed by atoms with Crippen molar-refractivity contribution in [1.82, 2.24) is 16.2 Å². The van der Waals surface area contributed by atoms with Gasteiger partial charge in [-0.05, 0) is 42.9 Å².